The summed E-state index contributed by atoms with van der Waals surface area (Å²) in [5, 5.41) is 2.74. The smallest absolute Gasteiger partial charge is 0.264 e. The third-order valence-electron chi connectivity index (χ3n) is 3.72. The second kappa shape index (κ2) is 7.55. The van der Waals surface area contributed by atoms with E-state index in [1.807, 2.05) is 13.0 Å². The van der Waals surface area contributed by atoms with E-state index in [1.165, 1.54) is 30.5 Å². The van der Waals surface area contributed by atoms with E-state index in [-0.39, 0.29) is 16.8 Å². The number of nitrogens with one attached hydrogen (secondary N) is 2. The molecular weight excluding hydrogens is 364 g/mol. The number of hydrogen-bond acceptors (Lipinski definition) is 5. The second-order valence-electron chi connectivity index (χ2n) is 5.98. The predicted molar refractivity (Wildman–Crippen MR) is 103 cm³/mol. The number of rotatable bonds is 5. The van der Waals surface area contributed by atoms with Gasteiger partial charge in [-0.2, -0.15) is 0 Å². The summed E-state index contributed by atoms with van der Waals surface area (Å²) in [4.78, 5) is 20.2. The van der Waals surface area contributed by atoms with Gasteiger partial charge in [-0.3, -0.25) is 4.79 Å². The molecule has 1 amide bonds. The first-order valence-electron chi connectivity index (χ1n) is 8.14. The molecule has 3 aromatic rings. The Morgan fingerprint density at radius 1 is 1.00 bits per heavy atom. The molecule has 0 radical (unpaired) electrons. The summed E-state index contributed by atoms with van der Waals surface area (Å²) in [6.07, 6.45) is 1.48. The maximum absolute atomic E-state index is 12.4. The van der Waals surface area contributed by atoms with Crippen molar-refractivity contribution >= 4 is 27.6 Å². The number of carbonyl (C=O) groups excluding carboxylic acids is 1. The highest BCUT2D eigenvalue weighted by Crippen LogP contribution is 2.17. The topological polar surface area (TPSA) is 101 Å². The lowest BCUT2D eigenvalue weighted by Gasteiger charge is -2.09. The number of aromatic nitrogens is 2. The molecule has 0 spiro atoms. The van der Waals surface area contributed by atoms with Gasteiger partial charge in [0.15, 0.2) is 0 Å². The number of nitrogens with zero attached hydrogens (tertiary/aromatic N) is 2. The summed E-state index contributed by atoms with van der Waals surface area (Å²) in [5.41, 5.74) is 2.66. The Morgan fingerprint density at radius 2 is 1.74 bits per heavy atom. The zero-order valence-corrected chi connectivity index (χ0v) is 15.6. The summed E-state index contributed by atoms with van der Waals surface area (Å²) in [6, 6.07) is 14.7. The average molecular weight is 382 g/mol. The number of hydrogen-bond donors (Lipinski definition) is 2. The number of sulfonamides is 1. The number of amides is 1. The quantitative estimate of drug-likeness (QED) is 0.706. The van der Waals surface area contributed by atoms with Crippen LogP contribution in [0.1, 0.15) is 21.6 Å². The Hall–Kier alpha value is -3.26. The Kier molecular flexibility index (Phi) is 5.18. The lowest BCUT2D eigenvalue weighted by Crippen LogP contribution is -2.16. The van der Waals surface area contributed by atoms with Crippen LogP contribution in [0.5, 0.6) is 0 Å². The minimum atomic E-state index is -3.82. The van der Waals surface area contributed by atoms with Gasteiger partial charge in [0.05, 0.1) is 4.90 Å². The maximum atomic E-state index is 12.4. The lowest BCUT2D eigenvalue weighted by molar-refractivity contribution is 0.102. The fraction of sp³-hybridized carbons (Fsp3) is 0.105. The molecule has 0 fully saturated rings. The van der Waals surface area contributed by atoms with Crippen molar-refractivity contribution in [3.8, 4) is 0 Å². The molecule has 0 saturated carbocycles. The van der Waals surface area contributed by atoms with Gasteiger partial charge in [-0.15, -0.1) is 0 Å². The minimum Gasteiger partial charge on any atom is -0.322 e. The normalized spacial score (nSPS) is 11.0. The molecule has 1 heterocycles. The number of benzene rings is 2. The van der Waals surface area contributed by atoms with Gasteiger partial charge >= 0.3 is 0 Å². The van der Waals surface area contributed by atoms with E-state index < -0.39 is 10.0 Å². The largest absolute Gasteiger partial charge is 0.322 e. The highest BCUT2D eigenvalue weighted by Gasteiger charge is 2.16. The molecule has 0 atom stereocenters. The van der Waals surface area contributed by atoms with E-state index >= 15 is 0 Å². The van der Waals surface area contributed by atoms with Gasteiger partial charge in [-0.05, 0) is 56.3 Å². The Labute approximate surface area is 157 Å². The molecular formula is C19H18N4O3S. The summed E-state index contributed by atoms with van der Waals surface area (Å²) >= 11 is 0. The van der Waals surface area contributed by atoms with E-state index in [0.717, 1.165) is 5.56 Å². The van der Waals surface area contributed by atoms with Crippen LogP contribution in [-0.2, 0) is 10.0 Å². The molecule has 0 aliphatic rings. The molecule has 7 nitrogen and oxygen atoms in total. The molecule has 8 heteroatoms. The van der Waals surface area contributed by atoms with Crippen LogP contribution in [-0.4, -0.2) is 24.3 Å². The van der Waals surface area contributed by atoms with Crippen molar-refractivity contribution < 1.29 is 13.2 Å². The lowest BCUT2D eigenvalue weighted by atomic mass is 10.1. The molecule has 0 saturated heterocycles. The summed E-state index contributed by atoms with van der Waals surface area (Å²) in [5.74, 6) is -0.257. The van der Waals surface area contributed by atoms with Crippen LogP contribution in [0.15, 0.2) is 65.7 Å². The van der Waals surface area contributed by atoms with Crippen molar-refractivity contribution in [2.24, 2.45) is 0 Å². The summed E-state index contributed by atoms with van der Waals surface area (Å²) < 4.78 is 27.2. The Morgan fingerprint density at radius 3 is 2.41 bits per heavy atom. The highest BCUT2D eigenvalue weighted by molar-refractivity contribution is 7.92. The van der Waals surface area contributed by atoms with Crippen LogP contribution in [0.4, 0.5) is 11.6 Å². The minimum absolute atomic E-state index is 0.00632. The van der Waals surface area contributed by atoms with Crippen LogP contribution in [0.25, 0.3) is 0 Å². The molecule has 3 rings (SSSR count). The van der Waals surface area contributed by atoms with Crippen molar-refractivity contribution in [3.63, 3.8) is 0 Å². The third-order valence-corrected chi connectivity index (χ3v) is 5.07. The van der Waals surface area contributed by atoms with Crippen molar-refractivity contribution in [1.82, 2.24) is 9.97 Å². The summed E-state index contributed by atoms with van der Waals surface area (Å²) in [6.45, 7) is 3.65. The van der Waals surface area contributed by atoms with E-state index in [1.54, 1.807) is 31.2 Å². The van der Waals surface area contributed by atoms with Crippen LogP contribution in [0.3, 0.4) is 0 Å². The van der Waals surface area contributed by atoms with Crippen LogP contribution in [0, 0.1) is 13.8 Å². The average Bonchev–Trinajstić information content (AvgIpc) is 2.62. The van der Waals surface area contributed by atoms with Crippen molar-refractivity contribution in [1.29, 1.82) is 0 Å². The molecule has 2 N–H and O–H groups in total. The van der Waals surface area contributed by atoms with E-state index in [2.05, 4.69) is 20.0 Å². The molecule has 27 heavy (non-hydrogen) atoms. The van der Waals surface area contributed by atoms with Gasteiger partial charge in [0.1, 0.15) is 0 Å². The van der Waals surface area contributed by atoms with E-state index in [9.17, 15) is 13.2 Å². The second-order valence-corrected chi connectivity index (χ2v) is 7.66. The third kappa shape index (κ3) is 4.68. The fourth-order valence-electron chi connectivity index (χ4n) is 2.38. The zero-order valence-electron chi connectivity index (χ0n) is 14.8. The first-order valence-corrected chi connectivity index (χ1v) is 9.62. The van der Waals surface area contributed by atoms with Crippen molar-refractivity contribution in [3.05, 3.63) is 77.6 Å². The zero-order chi connectivity index (χ0) is 19.4. The van der Waals surface area contributed by atoms with Crippen LogP contribution < -0.4 is 10.0 Å². The molecule has 0 bridgehead atoms. The monoisotopic (exact) mass is 382 g/mol. The van der Waals surface area contributed by atoms with Gasteiger partial charge in [0, 0.05) is 23.1 Å². The number of anilines is 2. The molecule has 2 aromatic carbocycles. The molecule has 1 aromatic heterocycles. The molecule has 138 valence electrons. The maximum Gasteiger partial charge on any atom is 0.264 e. The highest BCUT2D eigenvalue weighted by atomic mass is 32.2. The predicted octanol–water partition coefficient (Wildman–Crippen LogP) is 3.15. The van der Waals surface area contributed by atoms with Crippen LogP contribution in [0.2, 0.25) is 0 Å². The Balaban J connectivity index is 1.73. The van der Waals surface area contributed by atoms with E-state index in [4.69, 9.17) is 0 Å². The molecule has 0 unspecified atom stereocenters. The first kappa shape index (κ1) is 18.5. The van der Waals surface area contributed by atoms with Gasteiger partial charge in [-0.1, -0.05) is 17.7 Å². The van der Waals surface area contributed by atoms with Crippen molar-refractivity contribution in [2.45, 2.75) is 18.7 Å². The van der Waals surface area contributed by atoms with Gasteiger partial charge < -0.3 is 5.32 Å². The first-order chi connectivity index (χ1) is 12.8. The summed E-state index contributed by atoms with van der Waals surface area (Å²) in [7, 11) is -3.82. The standard InChI is InChI=1S/C19H18N4O3S/c1-13-4-3-5-15(12-13)18(24)22-16-6-8-17(9-7-16)27(25,26)23-19-20-11-10-14(2)21-19/h3-12H,1-2H3,(H,22,24)(H,20,21,23). The van der Waals surface area contributed by atoms with E-state index in [0.29, 0.717) is 16.9 Å². The van der Waals surface area contributed by atoms with Gasteiger partial charge in [0.25, 0.3) is 15.9 Å². The molecule has 0 aliphatic carbocycles. The molecule has 0 aliphatic heterocycles. The fourth-order valence-corrected chi connectivity index (χ4v) is 3.34. The van der Waals surface area contributed by atoms with Crippen LogP contribution >= 0.6 is 0 Å². The number of carbonyl (C=O) groups is 1. The SMILES string of the molecule is Cc1cccc(C(=O)Nc2ccc(S(=O)(=O)Nc3nccc(C)n3)cc2)c1. The van der Waals surface area contributed by atoms with Gasteiger partial charge in [0.2, 0.25) is 5.95 Å². The van der Waals surface area contributed by atoms with Crippen molar-refractivity contribution in [2.75, 3.05) is 10.0 Å². The number of aryl methyl sites for hydroxylation is 2. The Bertz CT molecular complexity index is 1080. The van der Waals surface area contributed by atoms with Gasteiger partial charge in [-0.25, -0.2) is 23.1 Å².